The number of amides is 1. The van der Waals surface area contributed by atoms with Crippen LogP contribution in [0.25, 0.3) is 0 Å². The van der Waals surface area contributed by atoms with E-state index in [4.69, 9.17) is 4.74 Å². The predicted molar refractivity (Wildman–Crippen MR) is 121 cm³/mol. The minimum absolute atomic E-state index is 0.0123. The molecule has 8 nitrogen and oxygen atoms in total. The molecule has 2 fully saturated rings. The zero-order chi connectivity index (χ0) is 22.0. The van der Waals surface area contributed by atoms with Crippen LogP contribution in [0.1, 0.15) is 16.8 Å². The van der Waals surface area contributed by atoms with Crippen LogP contribution >= 0.6 is 11.3 Å². The molecule has 4 heterocycles. The summed E-state index contributed by atoms with van der Waals surface area (Å²) >= 11 is 1.50. The van der Waals surface area contributed by atoms with Crippen LogP contribution in [0, 0.1) is 5.92 Å². The number of nitrogens with one attached hydrogen (secondary N) is 2. The van der Waals surface area contributed by atoms with E-state index >= 15 is 0 Å². The molecular formula is C23H23N5O3S. The molecule has 5 rings (SSSR count). The Balaban J connectivity index is 1.41. The number of ether oxygens (including phenoxy) is 1. The topological polar surface area (TPSA) is 96.5 Å². The minimum atomic E-state index is -0.930. The van der Waals surface area contributed by atoms with Gasteiger partial charge in [-0.1, -0.05) is 0 Å². The molecule has 0 unspecified atom stereocenters. The Kier molecular flexibility index (Phi) is 5.69. The van der Waals surface area contributed by atoms with Gasteiger partial charge in [0.15, 0.2) is 11.4 Å². The molecule has 3 aromatic rings. The zero-order valence-corrected chi connectivity index (χ0v) is 18.2. The van der Waals surface area contributed by atoms with E-state index in [-0.39, 0.29) is 17.6 Å². The molecule has 164 valence electrons. The molecule has 0 spiro atoms. The summed E-state index contributed by atoms with van der Waals surface area (Å²) in [7, 11) is 0. The third-order valence-electron chi connectivity index (χ3n) is 5.86. The quantitative estimate of drug-likeness (QED) is 0.535. The molecule has 2 aliphatic heterocycles. The fraction of sp³-hybridized carbons (Fsp3) is 0.304. The fourth-order valence-corrected chi connectivity index (χ4v) is 4.61. The maximum atomic E-state index is 13.2. The maximum Gasteiger partial charge on any atom is 0.238 e. The molecule has 2 N–H and O–H groups in total. The third kappa shape index (κ3) is 3.90. The van der Waals surface area contributed by atoms with Gasteiger partial charge in [-0.25, -0.2) is 0 Å². The second-order valence-corrected chi connectivity index (χ2v) is 8.75. The highest BCUT2D eigenvalue weighted by Gasteiger charge is 2.44. The van der Waals surface area contributed by atoms with Crippen molar-refractivity contribution in [1.29, 1.82) is 0 Å². The number of hydrogen-bond donors (Lipinski definition) is 2. The number of anilines is 2. The van der Waals surface area contributed by atoms with Crippen molar-refractivity contribution >= 4 is 34.5 Å². The van der Waals surface area contributed by atoms with Crippen LogP contribution < -0.4 is 20.3 Å². The molecule has 0 bridgehead atoms. The van der Waals surface area contributed by atoms with E-state index in [1.54, 1.807) is 35.4 Å². The number of thiophene rings is 1. The van der Waals surface area contributed by atoms with E-state index < -0.39 is 5.60 Å². The maximum absolute atomic E-state index is 13.2. The van der Waals surface area contributed by atoms with Gasteiger partial charge in [-0.15, -0.1) is 5.10 Å². The predicted octanol–water partition coefficient (Wildman–Crippen LogP) is 2.42. The molecule has 0 saturated carbocycles. The second kappa shape index (κ2) is 8.78. The lowest BCUT2D eigenvalue weighted by molar-refractivity contribution is -0.123. The van der Waals surface area contributed by atoms with E-state index in [0.717, 1.165) is 6.54 Å². The first kappa shape index (κ1) is 20.7. The lowest BCUT2D eigenvalue weighted by atomic mass is 9.93. The lowest BCUT2D eigenvalue weighted by Crippen LogP contribution is -2.51. The van der Waals surface area contributed by atoms with Crippen LogP contribution in [0.4, 0.5) is 11.5 Å². The zero-order valence-electron chi connectivity index (χ0n) is 17.4. The Hall–Kier alpha value is -3.14. The van der Waals surface area contributed by atoms with Gasteiger partial charge in [0, 0.05) is 43.2 Å². The van der Waals surface area contributed by atoms with E-state index in [2.05, 4.69) is 20.8 Å². The molecule has 1 atom stereocenters. The van der Waals surface area contributed by atoms with Gasteiger partial charge in [0.2, 0.25) is 11.7 Å². The first-order valence-corrected chi connectivity index (χ1v) is 11.5. The summed E-state index contributed by atoms with van der Waals surface area (Å²) in [6.07, 6.45) is 2.18. The Morgan fingerprint density at radius 1 is 1.12 bits per heavy atom. The number of hydrogen-bond acceptors (Lipinski definition) is 8. The summed E-state index contributed by atoms with van der Waals surface area (Å²) in [6, 6.07) is 12.6. The van der Waals surface area contributed by atoms with Crippen LogP contribution in [0.5, 0.6) is 5.75 Å². The molecular weight excluding hydrogens is 426 g/mol. The molecule has 2 aliphatic rings. The Labute approximate surface area is 189 Å². The van der Waals surface area contributed by atoms with Crippen molar-refractivity contribution in [1.82, 2.24) is 20.8 Å². The van der Waals surface area contributed by atoms with Crippen molar-refractivity contribution in [2.45, 2.75) is 12.0 Å². The summed E-state index contributed by atoms with van der Waals surface area (Å²) in [5.74, 6) is 0.924. The molecule has 32 heavy (non-hydrogen) atoms. The smallest absolute Gasteiger partial charge is 0.238 e. The molecule has 1 amide bonds. The molecule has 2 aromatic heterocycles. The monoisotopic (exact) mass is 449 g/mol. The first-order chi connectivity index (χ1) is 15.7. The van der Waals surface area contributed by atoms with Crippen LogP contribution in [-0.4, -0.2) is 53.7 Å². The summed E-state index contributed by atoms with van der Waals surface area (Å²) in [5.41, 5.74) is 0.419. The van der Waals surface area contributed by atoms with Gasteiger partial charge in [-0.05, 0) is 54.4 Å². The number of Topliss-reactive ketones (excluding diaryl/α,β-unsaturated/α-hetero) is 1. The highest BCUT2D eigenvalue weighted by atomic mass is 32.1. The fourth-order valence-electron chi connectivity index (χ4n) is 3.97. The molecule has 0 radical (unpaired) electrons. The average Bonchev–Trinajstić information content (AvgIpc) is 3.47. The molecule has 2 saturated heterocycles. The van der Waals surface area contributed by atoms with Gasteiger partial charge < -0.3 is 15.4 Å². The third-order valence-corrected chi connectivity index (χ3v) is 6.54. The van der Waals surface area contributed by atoms with Crippen molar-refractivity contribution in [3.63, 3.8) is 0 Å². The number of rotatable bonds is 7. The van der Waals surface area contributed by atoms with Gasteiger partial charge in [-0.2, -0.15) is 16.4 Å². The van der Waals surface area contributed by atoms with Crippen LogP contribution in [-0.2, 0) is 4.79 Å². The van der Waals surface area contributed by atoms with E-state index in [1.165, 1.54) is 11.3 Å². The Morgan fingerprint density at radius 3 is 2.56 bits per heavy atom. The van der Waals surface area contributed by atoms with Crippen LogP contribution in [0.3, 0.4) is 0 Å². The SMILES string of the molecule is O=C(C1CNC1)N(c1ccc(O[C@]2(C(=O)c3ccsc3)CCNC2)cc1)c1cccnn1. The Bertz CT molecular complexity index is 1080. The molecule has 1 aromatic carbocycles. The van der Waals surface area contributed by atoms with Gasteiger partial charge in [-0.3, -0.25) is 14.5 Å². The van der Waals surface area contributed by atoms with Crippen molar-refractivity contribution in [3.8, 4) is 5.75 Å². The first-order valence-electron chi connectivity index (χ1n) is 10.6. The van der Waals surface area contributed by atoms with E-state index in [9.17, 15) is 9.59 Å². The average molecular weight is 450 g/mol. The number of ketones is 1. The summed E-state index contributed by atoms with van der Waals surface area (Å²) in [5, 5.41) is 18.2. The normalized spacial score (nSPS) is 20.5. The Morgan fingerprint density at radius 2 is 1.97 bits per heavy atom. The minimum Gasteiger partial charge on any atom is -0.478 e. The van der Waals surface area contributed by atoms with E-state index in [0.29, 0.717) is 48.9 Å². The highest BCUT2D eigenvalue weighted by Crippen LogP contribution is 2.32. The molecule has 0 aliphatic carbocycles. The number of benzene rings is 1. The number of carbonyl (C=O) groups is 2. The summed E-state index contributed by atoms with van der Waals surface area (Å²) < 4.78 is 6.28. The van der Waals surface area contributed by atoms with Crippen molar-refractivity contribution in [2.24, 2.45) is 5.92 Å². The van der Waals surface area contributed by atoms with Gasteiger partial charge >= 0.3 is 0 Å². The van der Waals surface area contributed by atoms with Crippen LogP contribution in [0.2, 0.25) is 0 Å². The van der Waals surface area contributed by atoms with Gasteiger partial charge in [0.25, 0.3) is 0 Å². The summed E-state index contributed by atoms with van der Waals surface area (Å²) in [4.78, 5) is 27.9. The van der Waals surface area contributed by atoms with Gasteiger partial charge in [0.1, 0.15) is 5.75 Å². The summed E-state index contributed by atoms with van der Waals surface area (Å²) in [6.45, 7) is 2.48. The number of nitrogens with zero attached hydrogens (tertiary/aromatic N) is 3. The standard InChI is InChI=1S/C23H23N5O3S/c29-21(16-7-11-32-14-16)23(8-10-24-15-23)31-19-5-3-18(4-6-19)28(20-2-1-9-26-27-20)22(30)17-12-25-13-17/h1-7,9,11,14,17,24-25H,8,10,12-13,15H2/t23-/m1/s1. The molecule has 9 heteroatoms. The van der Waals surface area contributed by atoms with Gasteiger partial charge in [0.05, 0.1) is 11.6 Å². The van der Waals surface area contributed by atoms with Crippen LogP contribution in [0.15, 0.2) is 59.4 Å². The largest absolute Gasteiger partial charge is 0.478 e. The number of aromatic nitrogens is 2. The lowest BCUT2D eigenvalue weighted by Gasteiger charge is -2.32. The highest BCUT2D eigenvalue weighted by molar-refractivity contribution is 7.08. The van der Waals surface area contributed by atoms with Crippen molar-refractivity contribution in [2.75, 3.05) is 31.1 Å². The van der Waals surface area contributed by atoms with E-state index in [1.807, 2.05) is 29.0 Å². The number of carbonyl (C=O) groups excluding carboxylic acids is 2. The van der Waals surface area contributed by atoms with Crippen molar-refractivity contribution < 1.29 is 14.3 Å². The second-order valence-electron chi connectivity index (χ2n) is 7.97. The van der Waals surface area contributed by atoms with Crippen molar-refractivity contribution in [3.05, 3.63) is 65.0 Å².